The summed E-state index contributed by atoms with van der Waals surface area (Å²) in [4.78, 5) is 19.7. The summed E-state index contributed by atoms with van der Waals surface area (Å²) in [6.07, 6.45) is 0. The Morgan fingerprint density at radius 3 is 2.78 bits per heavy atom. The van der Waals surface area contributed by atoms with Crippen molar-refractivity contribution in [2.45, 2.75) is 0 Å². The second kappa shape index (κ2) is 6.81. The molecule has 0 saturated carbocycles. The van der Waals surface area contributed by atoms with Crippen molar-refractivity contribution in [2.75, 3.05) is 20.3 Å². The lowest BCUT2D eigenvalue weighted by molar-refractivity contribution is 0.0937. The number of aromatic amines is 1. The minimum atomic E-state index is -0.120. The van der Waals surface area contributed by atoms with Crippen LogP contribution in [0.1, 0.15) is 10.4 Å². The molecular formula is C17H16ClN3O2. The number of halogens is 1. The standard InChI is InChI=1S/C17H16ClN3O2/c1-23-9-8-19-17(22)12-4-2-11(3-5-12)16-20-14-7-6-13(18)10-15(14)21-16/h2-7,10H,8-9H2,1H3,(H,19,22)(H,20,21). The Kier molecular flexibility index (Phi) is 4.60. The van der Waals surface area contributed by atoms with Crippen LogP contribution in [0.25, 0.3) is 22.4 Å². The van der Waals surface area contributed by atoms with Crippen LogP contribution in [0.3, 0.4) is 0 Å². The predicted molar refractivity (Wildman–Crippen MR) is 90.7 cm³/mol. The van der Waals surface area contributed by atoms with E-state index < -0.39 is 0 Å². The van der Waals surface area contributed by atoms with Gasteiger partial charge in [0.15, 0.2) is 0 Å². The van der Waals surface area contributed by atoms with Crippen LogP contribution >= 0.6 is 11.6 Å². The molecule has 6 heteroatoms. The number of H-pyrrole nitrogens is 1. The molecule has 1 aromatic heterocycles. The Morgan fingerprint density at radius 1 is 1.26 bits per heavy atom. The van der Waals surface area contributed by atoms with E-state index in [-0.39, 0.29) is 5.91 Å². The number of hydrogen-bond acceptors (Lipinski definition) is 3. The summed E-state index contributed by atoms with van der Waals surface area (Å²) in [5, 5.41) is 3.45. The first-order valence-corrected chi connectivity index (χ1v) is 7.58. The van der Waals surface area contributed by atoms with Gasteiger partial charge in [0.1, 0.15) is 5.82 Å². The third kappa shape index (κ3) is 3.52. The summed E-state index contributed by atoms with van der Waals surface area (Å²) in [5.41, 5.74) is 3.24. The Labute approximate surface area is 138 Å². The van der Waals surface area contributed by atoms with Crippen LogP contribution in [-0.2, 0) is 4.74 Å². The maximum Gasteiger partial charge on any atom is 0.251 e. The van der Waals surface area contributed by atoms with Crippen molar-refractivity contribution in [2.24, 2.45) is 0 Å². The van der Waals surface area contributed by atoms with Crippen molar-refractivity contribution in [3.63, 3.8) is 0 Å². The third-order valence-corrected chi connectivity index (χ3v) is 3.69. The molecule has 1 amide bonds. The van der Waals surface area contributed by atoms with E-state index in [4.69, 9.17) is 16.3 Å². The highest BCUT2D eigenvalue weighted by Gasteiger charge is 2.08. The van der Waals surface area contributed by atoms with Gasteiger partial charge < -0.3 is 15.0 Å². The van der Waals surface area contributed by atoms with Gasteiger partial charge >= 0.3 is 0 Å². The molecule has 0 bridgehead atoms. The van der Waals surface area contributed by atoms with Gasteiger partial charge in [-0.15, -0.1) is 0 Å². The quantitative estimate of drug-likeness (QED) is 0.706. The lowest BCUT2D eigenvalue weighted by Gasteiger charge is -2.05. The summed E-state index contributed by atoms with van der Waals surface area (Å²) in [6, 6.07) is 12.8. The number of amides is 1. The molecule has 0 atom stereocenters. The van der Waals surface area contributed by atoms with Gasteiger partial charge in [0.2, 0.25) is 0 Å². The van der Waals surface area contributed by atoms with Crippen LogP contribution in [0.4, 0.5) is 0 Å². The molecule has 3 aromatic rings. The molecule has 0 unspecified atom stereocenters. The number of aromatic nitrogens is 2. The number of nitrogens with zero attached hydrogens (tertiary/aromatic N) is 1. The Balaban J connectivity index is 1.79. The molecule has 0 aliphatic carbocycles. The van der Waals surface area contributed by atoms with E-state index in [1.165, 1.54) is 0 Å². The molecule has 118 valence electrons. The van der Waals surface area contributed by atoms with Gasteiger partial charge in [-0.25, -0.2) is 4.98 Å². The van der Waals surface area contributed by atoms with Gasteiger partial charge in [-0.1, -0.05) is 23.7 Å². The molecular weight excluding hydrogens is 314 g/mol. The van der Waals surface area contributed by atoms with Gasteiger partial charge in [0.25, 0.3) is 5.91 Å². The number of methoxy groups -OCH3 is 1. The highest BCUT2D eigenvalue weighted by atomic mass is 35.5. The van der Waals surface area contributed by atoms with Crippen LogP contribution in [-0.4, -0.2) is 36.1 Å². The molecule has 0 spiro atoms. The number of nitrogens with one attached hydrogen (secondary N) is 2. The number of carbonyl (C=O) groups is 1. The molecule has 23 heavy (non-hydrogen) atoms. The largest absolute Gasteiger partial charge is 0.383 e. The van der Waals surface area contributed by atoms with Crippen molar-refractivity contribution in [1.29, 1.82) is 0 Å². The minimum Gasteiger partial charge on any atom is -0.383 e. The highest BCUT2D eigenvalue weighted by Crippen LogP contribution is 2.23. The number of carbonyl (C=O) groups excluding carboxylic acids is 1. The zero-order valence-corrected chi connectivity index (χ0v) is 13.4. The number of fused-ring (bicyclic) bond motifs is 1. The van der Waals surface area contributed by atoms with E-state index in [1.54, 1.807) is 19.2 Å². The fourth-order valence-corrected chi connectivity index (χ4v) is 2.44. The number of benzene rings is 2. The molecule has 0 radical (unpaired) electrons. The molecule has 1 heterocycles. The summed E-state index contributed by atoms with van der Waals surface area (Å²) in [6.45, 7) is 0.979. The van der Waals surface area contributed by atoms with E-state index in [2.05, 4.69) is 15.3 Å². The van der Waals surface area contributed by atoms with Crippen molar-refractivity contribution in [1.82, 2.24) is 15.3 Å². The normalized spacial score (nSPS) is 10.9. The lowest BCUT2D eigenvalue weighted by atomic mass is 10.1. The zero-order chi connectivity index (χ0) is 16.2. The summed E-state index contributed by atoms with van der Waals surface area (Å²) in [7, 11) is 1.60. The van der Waals surface area contributed by atoms with E-state index in [0.717, 1.165) is 22.4 Å². The van der Waals surface area contributed by atoms with Crippen molar-refractivity contribution in [3.8, 4) is 11.4 Å². The third-order valence-electron chi connectivity index (χ3n) is 3.46. The van der Waals surface area contributed by atoms with Crippen LogP contribution < -0.4 is 5.32 Å². The Hall–Kier alpha value is -2.37. The van der Waals surface area contributed by atoms with E-state index in [0.29, 0.717) is 23.7 Å². The van der Waals surface area contributed by atoms with Crippen LogP contribution in [0.15, 0.2) is 42.5 Å². The van der Waals surface area contributed by atoms with Gasteiger partial charge in [-0.05, 0) is 30.3 Å². The van der Waals surface area contributed by atoms with Crippen LogP contribution in [0, 0.1) is 0 Å². The maximum absolute atomic E-state index is 11.9. The van der Waals surface area contributed by atoms with E-state index in [9.17, 15) is 4.79 Å². The number of rotatable bonds is 5. The second-order valence-electron chi connectivity index (χ2n) is 5.07. The summed E-state index contributed by atoms with van der Waals surface area (Å²) >= 11 is 5.98. The van der Waals surface area contributed by atoms with Gasteiger partial charge in [0.05, 0.1) is 17.6 Å². The SMILES string of the molecule is COCCNC(=O)c1ccc(-c2nc3ccc(Cl)cc3[nH]2)cc1. The molecule has 0 aliphatic heterocycles. The topological polar surface area (TPSA) is 67.0 Å². The van der Waals surface area contributed by atoms with Gasteiger partial charge in [-0.3, -0.25) is 4.79 Å². The second-order valence-corrected chi connectivity index (χ2v) is 5.51. The first-order valence-electron chi connectivity index (χ1n) is 7.20. The Morgan fingerprint density at radius 2 is 2.04 bits per heavy atom. The first kappa shape index (κ1) is 15.5. The lowest BCUT2D eigenvalue weighted by Crippen LogP contribution is -2.26. The van der Waals surface area contributed by atoms with Crippen molar-refractivity contribution in [3.05, 3.63) is 53.1 Å². The minimum absolute atomic E-state index is 0.120. The molecule has 2 aromatic carbocycles. The number of imidazole rings is 1. The monoisotopic (exact) mass is 329 g/mol. The zero-order valence-electron chi connectivity index (χ0n) is 12.6. The van der Waals surface area contributed by atoms with E-state index >= 15 is 0 Å². The summed E-state index contributed by atoms with van der Waals surface area (Å²) < 4.78 is 4.91. The molecule has 3 rings (SSSR count). The maximum atomic E-state index is 11.9. The fourth-order valence-electron chi connectivity index (χ4n) is 2.27. The van der Waals surface area contributed by atoms with Crippen LogP contribution in [0.2, 0.25) is 5.02 Å². The van der Waals surface area contributed by atoms with Crippen LogP contribution in [0.5, 0.6) is 0 Å². The fraction of sp³-hybridized carbons (Fsp3) is 0.176. The first-order chi connectivity index (χ1) is 11.2. The average Bonchev–Trinajstić information content (AvgIpc) is 2.98. The molecule has 0 saturated heterocycles. The summed E-state index contributed by atoms with van der Waals surface area (Å²) in [5.74, 6) is 0.624. The molecule has 0 fully saturated rings. The molecule has 2 N–H and O–H groups in total. The van der Waals surface area contributed by atoms with E-state index in [1.807, 2.05) is 30.3 Å². The highest BCUT2D eigenvalue weighted by molar-refractivity contribution is 6.31. The predicted octanol–water partition coefficient (Wildman–Crippen LogP) is 3.26. The number of ether oxygens (including phenoxy) is 1. The average molecular weight is 330 g/mol. The molecule has 5 nitrogen and oxygen atoms in total. The Bertz CT molecular complexity index is 827. The number of hydrogen-bond donors (Lipinski definition) is 2. The van der Waals surface area contributed by atoms with Gasteiger partial charge in [-0.2, -0.15) is 0 Å². The smallest absolute Gasteiger partial charge is 0.251 e. The van der Waals surface area contributed by atoms with Crippen molar-refractivity contribution >= 4 is 28.5 Å². The molecule has 0 aliphatic rings. The van der Waals surface area contributed by atoms with Crippen molar-refractivity contribution < 1.29 is 9.53 Å². The van der Waals surface area contributed by atoms with Gasteiger partial charge in [0, 0.05) is 29.8 Å².